The van der Waals surface area contributed by atoms with Crippen LogP contribution in [0, 0.1) is 0 Å². The van der Waals surface area contributed by atoms with Crippen LogP contribution in [0.5, 0.6) is 0 Å². The normalized spacial score (nSPS) is 10.8. The van der Waals surface area contributed by atoms with Crippen LogP contribution in [0.3, 0.4) is 0 Å². The number of nitrogens with zero attached hydrogens (tertiary/aromatic N) is 4. The van der Waals surface area contributed by atoms with Crippen LogP contribution in [0.25, 0.3) is 22.7 Å². The number of furan rings is 1. The predicted molar refractivity (Wildman–Crippen MR) is 107 cm³/mol. The van der Waals surface area contributed by atoms with Crippen molar-refractivity contribution < 1.29 is 9.21 Å². The van der Waals surface area contributed by atoms with Crippen molar-refractivity contribution in [3.05, 3.63) is 83.0 Å². The first-order valence-corrected chi connectivity index (χ1v) is 9.11. The summed E-state index contributed by atoms with van der Waals surface area (Å²) < 4.78 is 8.15. The SMILES string of the molecule is Cn1nc(-c2ccccc2)cc1C(=O)NCCn1nc(-c2ccco2)ccc1=O. The van der Waals surface area contributed by atoms with Crippen molar-refractivity contribution in [2.45, 2.75) is 6.54 Å². The minimum absolute atomic E-state index is 0.239. The number of carbonyl (C=O) groups is 1. The fourth-order valence-electron chi connectivity index (χ4n) is 2.96. The molecule has 0 aliphatic carbocycles. The Morgan fingerprint density at radius 3 is 2.62 bits per heavy atom. The number of nitrogens with one attached hydrogen (secondary N) is 1. The van der Waals surface area contributed by atoms with Gasteiger partial charge < -0.3 is 9.73 Å². The summed E-state index contributed by atoms with van der Waals surface area (Å²) in [7, 11) is 1.72. The van der Waals surface area contributed by atoms with Gasteiger partial charge in [-0.3, -0.25) is 14.3 Å². The maximum Gasteiger partial charge on any atom is 0.269 e. The summed E-state index contributed by atoms with van der Waals surface area (Å²) in [6.07, 6.45) is 1.55. The van der Waals surface area contributed by atoms with Gasteiger partial charge in [0.25, 0.3) is 11.5 Å². The van der Waals surface area contributed by atoms with Gasteiger partial charge in [0, 0.05) is 25.2 Å². The van der Waals surface area contributed by atoms with Crippen molar-refractivity contribution in [1.29, 1.82) is 0 Å². The summed E-state index contributed by atoms with van der Waals surface area (Å²) in [5.74, 6) is 0.309. The first kappa shape index (κ1) is 18.4. The average molecular weight is 389 g/mol. The van der Waals surface area contributed by atoms with Crippen LogP contribution in [0.4, 0.5) is 0 Å². The van der Waals surface area contributed by atoms with E-state index in [1.54, 1.807) is 42.3 Å². The number of carbonyl (C=O) groups excluding carboxylic acids is 1. The molecule has 0 unspecified atom stereocenters. The van der Waals surface area contributed by atoms with Gasteiger partial charge in [-0.1, -0.05) is 30.3 Å². The lowest BCUT2D eigenvalue weighted by Crippen LogP contribution is -2.32. The van der Waals surface area contributed by atoms with Crippen molar-refractivity contribution >= 4 is 5.91 Å². The largest absolute Gasteiger partial charge is 0.463 e. The predicted octanol–water partition coefficient (Wildman–Crippen LogP) is 2.33. The van der Waals surface area contributed by atoms with Crippen molar-refractivity contribution in [2.75, 3.05) is 6.54 Å². The van der Waals surface area contributed by atoms with Gasteiger partial charge in [0.1, 0.15) is 11.4 Å². The lowest BCUT2D eigenvalue weighted by Gasteiger charge is -2.07. The molecule has 0 spiro atoms. The lowest BCUT2D eigenvalue weighted by molar-refractivity contribution is 0.0942. The highest BCUT2D eigenvalue weighted by Crippen LogP contribution is 2.18. The fraction of sp³-hybridized carbons (Fsp3) is 0.143. The molecule has 0 aliphatic heterocycles. The van der Waals surface area contributed by atoms with Crippen LogP contribution in [-0.4, -0.2) is 32.0 Å². The van der Waals surface area contributed by atoms with Crippen molar-refractivity contribution in [3.63, 3.8) is 0 Å². The van der Waals surface area contributed by atoms with Gasteiger partial charge in [-0.2, -0.15) is 10.2 Å². The molecule has 0 aliphatic rings. The molecule has 0 fully saturated rings. The molecular weight excluding hydrogens is 370 g/mol. The van der Waals surface area contributed by atoms with Crippen molar-refractivity contribution in [3.8, 4) is 22.7 Å². The monoisotopic (exact) mass is 389 g/mol. The zero-order valence-electron chi connectivity index (χ0n) is 15.8. The van der Waals surface area contributed by atoms with E-state index < -0.39 is 0 Å². The Morgan fingerprint density at radius 2 is 1.86 bits per heavy atom. The molecule has 1 N–H and O–H groups in total. The molecule has 0 saturated carbocycles. The number of aryl methyl sites for hydroxylation is 1. The van der Waals surface area contributed by atoms with Crippen LogP contribution in [-0.2, 0) is 13.6 Å². The van der Waals surface area contributed by atoms with E-state index in [1.807, 2.05) is 30.3 Å². The Bertz CT molecular complexity index is 1180. The maximum absolute atomic E-state index is 12.5. The van der Waals surface area contributed by atoms with E-state index in [9.17, 15) is 9.59 Å². The molecule has 8 nitrogen and oxygen atoms in total. The zero-order valence-corrected chi connectivity index (χ0v) is 15.8. The molecule has 3 heterocycles. The maximum atomic E-state index is 12.5. The minimum atomic E-state index is -0.266. The molecule has 4 rings (SSSR count). The van der Waals surface area contributed by atoms with Gasteiger partial charge in [0.05, 0.1) is 18.5 Å². The average Bonchev–Trinajstić information content (AvgIpc) is 3.40. The fourth-order valence-corrected chi connectivity index (χ4v) is 2.96. The number of rotatable bonds is 6. The summed E-state index contributed by atoms with van der Waals surface area (Å²) >= 11 is 0. The lowest BCUT2D eigenvalue weighted by atomic mass is 10.1. The smallest absolute Gasteiger partial charge is 0.269 e. The Labute approximate surface area is 166 Å². The van der Waals surface area contributed by atoms with Gasteiger partial charge in [-0.05, 0) is 24.3 Å². The highest BCUT2D eigenvalue weighted by Gasteiger charge is 2.14. The van der Waals surface area contributed by atoms with Crippen LogP contribution in [0.2, 0.25) is 0 Å². The Hall–Kier alpha value is -3.94. The molecule has 146 valence electrons. The molecule has 29 heavy (non-hydrogen) atoms. The van der Waals surface area contributed by atoms with Crippen LogP contribution in [0.1, 0.15) is 10.5 Å². The third-order valence-corrected chi connectivity index (χ3v) is 4.43. The molecule has 0 radical (unpaired) electrons. The standard InChI is InChI=1S/C21H19N5O3/c1-25-18(14-17(23-25)15-6-3-2-4-7-15)21(28)22-11-12-26-20(27)10-9-16(24-26)19-8-5-13-29-19/h2-10,13-14H,11-12H2,1H3,(H,22,28). The van der Waals surface area contributed by atoms with Crippen LogP contribution < -0.4 is 10.9 Å². The van der Waals surface area contributed by atoms with Gasteiger partial charge in [-0.25, -0.2) is 4.68 Å². The zero-order chi connectivity index (χ0) is 20.2. The number of benzene rings is 1. The van der Waals surface area contributed by atoms with E-state index in [1.165, 1.54) is 10.7 Å². The van der Waals surface area contributed by atoms with Crippen molar-refractivity contribution in [2.24, 2.45) is 7.05 Å². The number of hydrogen-bond acceptors (Lipinski definition) is 5. The summed E-state index contributed by atoms with van der Waals surface area (Å²) in [6, 6.07) is 18.0. The number of amides is 1. The number of aromatic nitrogens is 4. The molecular formula is C21H19N5O3. The first-order chi connectivity index (χ1) is 14.1. The van der Waals surface area contributed by atoms with Crippen molar-refractivity contribution in [1.82, 2.24) is 24.9 Å². The first-order valence-electron chi connectivity index (χ1n) is 9.11. The summed E-state index contributed by atoms with van der Waals surface area (Å²) in [4.78, 5) is 24.6. The summed E-state index contributed by atoms with van der Waals surface area (Å²) in [5.41, 5.74) is 2.41. The van der Waals surface area contributed by atoms with Gasteiger partial charge in [0.2, 0.25) is 0 Å². The van der Waals surface area contributed by atoms with E-state index in [0.717, 1.165) is 11.3 Å². The van der Waals surface area contributed by atoms with Gasteiger partial charge in [0.15, 0.2) is 5.76 Å². The van der Waals surface area contributed by atoms with Crippen LogP contribution >= 0.6 is 0 Å². The quantitative estimate of drug-likeness (QED) is 0.546. The van der Waals surface area contributed by atoms with E-state index in [0.29, 0.717) is 17.1 Å². The molecule has 0 saturated heterocycles. The van der Waals surface area contributed by atoms with E-state index in [-0.39, 0.29) is 24.6 Å². The van der Waals surface area contributed by atoms with E-state index in [4.69, 9.17) is 4.42 Å². The highest BCUT2D eigenvalue weighted by molar-refractivity contribution is 5.93. The van der Waals surface area contributed by atoms with E-state index in [2.05, 4.69) is 15.5 Å². The molecule has 4 aromatic rings. The Morgan fingerprint density at radius 1 is 1.03 bits per heavy atom. The summed E-state index contributed by atoms with van der Waals surface area (Å²) in [6.45, 7) is 0.488. The summed E-state index contributed by atoms with van der Waals surface area (Å²) in [5, 5.41) is 11.5. The highest BCUT2D eigenvalue weighted by atomic mass is 16.3. The molecule has 1 amide bonds. The van der Waals surface area contributed by atoms with Crippen LogP contribution in [0.15, 0.2) is 76.1 Å². The van der Waals surface area contributed by atoms with E-state index >= 15 is 0 Å². The second-order valence-corrected chi connectivity index (χ2v) is 6.42. The molecule has 3 aromatic heterocycles. The third kappa shape index (κ3) is 4.01. The van der Waals surface area contributed by atoms with Gasteiger partial charge in [-0.15, -0.1) is 0 Å². The van der Waals surface area contributed by atoms with Gasteiger partial charge >= 0.3 is 0 Å². The molecule has 1 aromatic carbocycles. The molecule has 0 atom stereocenters. The Kier molecular flexibility index (Phi) is 5.07. The second-order valence-electron chi connectivity index (χ2n) is 6.42. The Balaban J connectivity index is 1.43. The second kappa shape index (κ2) is 7.97. The molecule has 0 bridgehead atoms. The third-order valence-electron chi connectivity index (χ3n) is 4.43. The molecule has 8 heteroatoms. The number of hydrogen-bond donors (Lipinski definition) is 1. The topological polar surface area (TPSA) is 95.0 Å². The minimum Gasteiger partial charge on any atom is -0.463 e.